The van der Waals surface area contributed by atoms with E-state index in [0.717, 1.165) is 4.90 Å². The number of carbonyl (C=O) groups excluding carboxylic acids is 1. The first-order valence-corrected chi connectivity index (χ1v) is 7.56. The van der Waals surface area contributed by atoms with Crippen LogP contribution < -0.4 is 10.1 Å². The van der Waals surface area contributed by atoms with Crippen molar-refractivity contribution in [3.05, 3.63) is 58.1 Å². The highest BCUT2D eigenvalue weighted by Crippen LogP contribution is 2.28. The quantitative estimate of drug-likeness (QED) is 0.518. The smallest absolute Gasteiger partial charge is 0.292 e. The first-order valence-electron chi connectivity index (χ1n) is 6.33. The Balaban J connectivity index is 2.32. The maximum atomic E-state index is 12.3. The summed E-state index contributed by atoms with van der Waals surface area (Å²) in [5.41, 5.74) is 0.308. The lowest BCUT2D eigenvalue weighted by Crippen LogP contribution is -2.14. The number of thioether (sulfide) groups is 1. The van der Waals surface area contributed by atoms with Crippen LogP contribution in [0.2, 0.25) is 0 Å². The van der Waals surface area contributed by atoms with Gasteiger partial charge < -0.3 is 10.1 Å². The molecule has 0 aliphatic heterocycles. The number of hydrogen-bond acceptors (Lipinski definition) is 5. The number of carbonyl (C=O) groups is 1. The molecule has 1 amide bonds. The van der Waals surface area contributed by atoms with Crippen molar-refractivity contribution in [2.75, 3.05) is 18.7 Å². The number of anilines is 1. The summed E-state index contributed by atoms with van der Waals surface area (Å²) in [6.45, 7) is 0. The molecule has 0 aliphatic carbocycles. The molecule has 2 aromatic rings. The predicted molar refractivity (Wildman–Crippen MR) is 85.8 cm³/mol. The minimum atomic E-state index is -0.538. The Kier molecular flexibility index (Phi) is 5.00. The number of rotatable bonds is 5. The van der Waals surface area contributed by atoms with Crippen LogP contribution in [0.1, 0.15) is 10.4 Å². The maximum absolute atomic E-state index is 12.3. The van der Waals surface area contributed by atoms with Crippen LogP contribution in [-0.2, 0) is 0 Å². The zero-order valence-corrected chi connectivity index (χ0v) is 12.8. The van der Waals surface area contributed by atoms with Crippen LogP contribution in [0, 0.1) is 10.1 Å². The highest BCUT2D eigenvalue weighted by Gasteiger charge is 2.18. The van der Waals surface area contributed by atoms with Crippen LogP contribution in [0.5, 0.6) is 5.75 Å². The molecule has 1 N–H and O–H groups in total. The summed E-state index contributed by atoms with van der Waals surface area (Å²) >= 11 is 1.53. The third-order valence-corrected chi connectivity index (χ3v) is 3.73. The van der Waals surface area contributed by atoms with Gasteiger partial charge in [-0.1, -0.05) is 12.1 Å². The Labute approximate surface area is 131 Å². The summed E-state index contributed by atoms with van der Waals surface area (Å²) in [5, 5.41) is 13.5. The lowest BCUT2D eigenvalue weighted by atomic mass is 10.1. The van der Waals surface area contributed by atoms with Crippen molar-refractivity contribution >= 4 is 29.0 Å². The number of nitrogens with one attached hydrogen (secondary N) is 1. The zero-order valence-electron chi connectivity index (χ0n) is 12.0. The molecule has 0 aromatic heterocycles. The molecule has 0 bridgehead atoms. The fourth-order valence-corrected chi connectivity index (χ4v) is 2.34. The predicted octanol–water partition coefficient (Wildman–Crippen LogP) is 3.58. The van der Waals surface area contributed by atoms with Gasteiger partial charge in [0.1, 0.15) is 11.4 Å². The third-order valence-electron chi connectivity index (χ3n) is 3.00. The van der Waals surface area contributed by atoms with Gasteiger partial charge in [0.05, 0.1) is 17.6 Å². The molecule has 0 aliphatic rings. The van der Waals surface area contributed by atoms with E-state index >= 15 is 0 Å². The van der Waals surface area contributed by atoms with Crippen molar-refractivity contribution in [3.63, 3.8) is 0 Å². The molecule has 0 fully saturated rings. The van der Waals surface area contributed by atoms with Gasteiger partial charge in [-0.25, -0.2) is 0 Å². The average molecular weight is 318 g/mol. The summed E-state index contributed by atoms with van der Waals surface area (Å²) in [7, 11) is 1.47. The Hall–Kier alpha value is -2.54. The van der Waals surface area contributed by atoms with Crippen molar-refractivity contribution in [1.29, 1.82) is 0 Å². The molecule has 7 heteroatoms. The van der Waals surface area contributed by atoms with E-state index in [-0.39, 0.29) is 11.4 Å². The van der Waals surface area contributed by atoms with Crippen LogP contribution in [0.15, 0.2) is 47.4 Å². The highest BCUT2D eigenvalue weighted by molar-refractivity contribution is 7.98. The molecule has 6 nitrogen and oxygen atoms in total. The van der Waals surface area contributed by atoms with Gasteiger partial charge in [-0.3, -0.25) is 14.9 Å². The minimum Gasteiger partial charge on any atom is -0.496 e. The summed E-state index contributed by atoms with van der Waals surface area (Å²) in [5.74, 6) is -0.0401. The molecule has 2 rings (SSSR count). The Morgan fingerprint density at radius 2 is 2.00 bits per heavy atom. The first-order chi connectivity index (χ1) is 10.6. The molecule has 2 aromatic carbocycles. The summed E-state index contributed by atoms with van der Waals surface area (Å²) in [6, 6.07) is 11.2. The number of ether oxygens (including phenoxy) is 1. The minimum absolute atomic E-state index is 0.147. The second kappa shape index (κ2) is 6.95. The highest BCUT2D eigenvalue weighted by atomic mass is 32.2. The van der Waals surface area contributed by atoms with Gasteiger partial charge in [0.2, 0.25) is 0 Å². The van der Waals surface area contributed by atoms with Crippen LogP contribution in [0.4, 0.5) is 11.4 Å². The lowest BCUT2D eigenvalue weighted by Gasteiger charge is -2.10. The molecule has 0 unspecified atom stereocenters. The Morgan fingerprint density at radius 1 is 1.27 bits per heavy atom. The molecule has 0 radical (unpaired) electrons. The van der Waals surface area contributed by atoms with E-state index in [1.807, 2.05) is 6.26 Å². The van der Waals surface area contributed by atoms with Gasteiger partial charge in [0.15, 0.2) is 0 Å². The Morgan fingerprint density at radius 3 is 2.64 bits per heavy atom. The molecule has 0 saturated heterocycles. The number of methoxy groups -OCH3 is 1. The molecular formula is C15H14N2O4S. The maximum Gasteiger partial charge on any atom is 0.292 e. The van der Waals surface area contributed by atoms with E-state index in [9.17, 15) is 14.9 Å². The van der Waals surface area contributed by atoms with Crippen molar-refractivity contribution < 1.29 is 14.5 Å². The molecule has 0 heterocycles. The third kappa shape index (κ3) is 3.37. The van der Waals surface area contributed by atoms with Gasteiger partial charge in [-0.05, 0) is 30.5 Å². The second-order valence-electron chi connectivity index (χ2n) is 4.29. The number of nitro groups is 1. The average Bonchev–Trinajstić information content (AvgIpc) is 2.54. The Bertz CT molecular complexity index is 718. The molecule has 0 spiro atoms. The largest absolute Gasteiger partial charge is 0.496 e. The van der Waals surface area contributed by atoms with Gasteiger partial charge in [-0.15, -0.1) is 11.8 Å². The van der Waals surface area contributed by atoms with Crippen LogP contribution >= 0.6 is 11.8 Å². The van der Waals surface area contributed by atoms with Crippen molar-refractivity contribution in [3.8, 4) is 5.75 Å². The van der Waals surface area contributed by atoms with E-state index in [1.54, 1.807) is 30.3 Å². The lowest BCUT2D eigenvalue weighted by molar-refractivity contribution is -0.383. The van der Waals surface area contributed by atoms with E-state index < -0.39 is 10.8 Å². The van der Waals surface area contributed by atoms with Crippen LogP contribution in [-0.4, -0.2) is 24.2 Å². The van der Waals surface area contributed by atoms with Crippen LogP contribution in [0.25, 0.3) is 0 Å². The number of nitro benzene ring substituents is 1. The molecule has 114 valence electrons. The second-order valence-corrected chi connectivity index (χ2v) is 5.17. The molecule has 0 saturated carbocycles. The van der Waals surface area contributed by atoms with Crippen molar-refractivity contribution in [1.82, 2.24) is 0 Å². The molecule has 0 atom stereocenters. The SMILES string of the molecule is COc1cc(SC)ccc1C(=O)Nc1ccccc1[N+](=O)[O-]. The van der Waals surface area contributed by atoms with E-state index in [1.165, 1.54) is 31.0 Å². The fraction of sp³-hybridized carbons (Fsp3) is 0.133. The van der Waals surface area contributed by atoms with Crippen molar-refractivity contribution in [2.24, 2.45) is 0 Å². The van der Waals surface area contributed by atoms with Crippen LogP contribution in [0.3, 0.4) is 0 Å². The van der Waals surface area contributed by atoms with Gasteiger partial charge in [-0.2, -0.15) is 0 Å². The molecular weight excluding hydrogens is 304 g/mol. The van der Waals surface area contributed by atoms with Gasteiger partial charge in [0.25, 0.3) is 11.6 Å². The van der Waals surface area contributed by atoms with E-state index in [0.29, 0.717) is 11.3 Å². The number of amides is 1. The van der Waals surface area contributed by atoms with Gasteiger partial charge in [0, 0.05) is 11.0 Å². The number of benzene rings is 2. The molecule has 22 heavy (non-hydrogen) atoms. The number of nitrogens with zero attached hydrogens (tertiary/aromatic N) is 1. The van der Waals surface area contributed by atoms with Crippen molar-refractivity contribution in [2.45, 2.75) is 4.90 Å². The number of hydrogen-bond donors (Lipinski definition) is 1. The fourth-order valence-electron chi connectivity index (χ4n) is 1.91. The number of para-hydroxylation sites is 2. The summed E-state index contributed by atoms with van der Waals surface area (Å²) in [6.07, 6.45) is 1.92. The normalized spacial score (nSPS) is 10.1. The standard InChI is InChI=1S/C15H14N2O4S/c1-21-14-9-10(22-2)7-8-11(14)15(18)16-12-5-3-4-6-13(12)17(19)20/h3-9H,1-2H3,(H,16,18). The summed E-state index contributed by atoms with van der Waals surface area (Å²) in [4.78, 5) is 23.7. The van der Waals surface area contributed by atoms with Gasteiger partial charge >= 0.3 is 0 Å². The monoisotopic (exact) mass is 318 g/mol. The summed E-state index contributed by atoms with van der Waals surface area (Å²) < 4.78 is 5.22. The topological polar surface area (TPSA) is 81.5 Å². The van der Waals surface area contributed by atoms with E-state index in [2.05, 4.69) is 5.32 Å². The van der Waals surface area contributed by atoms with E-state index in [4.69, 9.17) is 4.74 Å². The zero-order chi connectivity index (χ0) is 16.1. The first kappa shape index (κ1) is 15.8.